The molecule has 0 aromatic heterocycles. The number of carbonyl (C=O) groups excluding carboxylic acids is 1. The number of rotatable bonds is 1. The van der Waals surface area contributed by atoms with E-state index in [1.165, 1.54) is 5.56 Å². The summed E-state index contributed by atoms with van der Waals surface area (Å²) in [4.78, 5) is 14.2. The highest BCUT2D eigenvalue weighted by Crippen LogP contribution is 2.28. The summed E-state index contributed by atoms with van der Waals surface area (Å²) in [6, 6.07) is 8.26. The minimum atomic E-state index is 0.0474. The molecule has 0 saturated carbocycles. The van der Waals surface area contributed by atoms with Crippen molar-refractivity contribution < 1.29 is 4.79 Å². The van der Waals surface area contributed by atoms with Gasteiger partial charge in [0.15, 0.2) is 0 Å². The van der Waals surface area contributed by atoms with E-state index < -0.39 is 0 Å². The Bertz CT molecular complexity index is 410. The summed E-state index contributed by atoms with van der Waals surface area (Å²) < 4.78 is 0. The van der Waals surface area contributed by atoms with E-state index in [0.29, 0.717) is 0 Å². The van der Waals surface area contributed by atoms with Crippen molar-refractivity contribution in [3.8, 4) is 0 Å². The first-order valence-electron chi connectivity index (χ1n) is 5.99. The predicted octanol–water partition coefficient (Wildman–Crippen LogP) is 1.33. The highest BCUT2D eigenvalue weighted by Gasteiger charge is 2.31. The van der Waals surface area contributed by atoms with Crippen molar-refractivity contribution in [1.82, 2.24) is 5.32 Å². The van der Waals surface area contributed by atoms with Crippen LogP contribution in [0.2, 0.25) is 0 Å². The van der Waals surface area contributed by atoms with Crippen LogP contribution in [0.25, 0.3) is 0 Å². The van der Waals surface area contributed by atoms with Gasteiger partial charge in [0.1, 0.15) is 0 Å². The number of nitrogens with one attached hydrogen (secondary N) is 1. The van der Waals surface area contributed by atoms with Crippen molar-refractivity contribution in [2.75, 3.05) is 18.0 Å². The lowest BCUT2D eigenvalue weighted by Gasteiger charge is -2.21. The van der Waals surface area contributed by atoms with E-state index in [-0.39, 0.29) is 11.9 Å². The first-order chi connectivity index (χ1) is 7.86. The molecule has 1 aromatic carbocycles. The zero-order valence-corrected chi connectivity index (χ0v) is 9.28. The number of benzene rings is 1. The Morgan fingerprint density at radius 2 is 2.25 bits per heavy atom. The fraction of sp³-hybridized carbons (Fsp3) is 0.462. The summed E-state index contributed by atoms with van der Waals surface area (Å²) >= 11 is 0. The molecule has 2 aliphatic rings. The Kier molecular flexibility index (Phi) is 2.40. The Morgan fingerprint density at radius 1 is 1.38 bits per heavy atom. The summed E-state index contributed by atoms with van der Waals surface area (Å²) in [6.07, 6.45) is 3.10. The van der Waals surface area contributed by atoms with Gasteiger partial charge in [0, 0.05) is 12.2 Å². The van der Waals surface area contributed by atoms with Gasteiger partial charge in [0.05, 0.1) is 6.04 Å². The van der Waals surface area contributed by atoms with E-state index >= 15 is 0 Å². The van der Waals surface area contributed by atoms with Crippen LogP contribution in [-0.2, 0) is 11.2 Å². The molecule has 16 heavy (non-hydrogen) atoms. The summed E-state index contributed by atoms with van der Waals surface area (Å²) in [5.74, 6) is 0.252. The lowest BCUT2D eigenvalue weighted by Crippen LogP contribution is -2.42. The molecule has 3 rings (SSSR count). The first kappa shape index (κ1) is 9.85. The van der Waals surface area contributed by atoms with Gasteiger partial charge in [-0.2, -0.15) is 0 Å². The molecule has 0 bridgehead atoms. The Hall–Kier alpha value is -1.35. The van der Waals surface area contributed by atoms with Gasteiger partial charge in [-0.05, 0) is 37.4 Å². The van der Waals surface area contributed by atoms with E-state index in [9.17, 15) is 4.79 Å². The quantitative estimate of drug-likeness (QED) is 0.768. The number of fused-ring (bicyclic) bond motifs is 1. The Balaban J connectivity index is 1.84. The molecule has 1 amide bonds. The number of amides is 1. The van der Waals surface area contributed by atoms with Crippen LogP contribution in [0.15, 0.2) is 24.3 Å². The van der Waals surface area contributed by atoms with E-state index in [4.69, 9.17) is 0 Å². The molecule has 3 heteroatoms. The summed E-state index contributed by atoms with van der Waals surface area (Å²) in [5.41, 5.74) is 2.41. The number of anilines is 1. The van der Waals surface area contributed by atoms with E-state index in [1.807, 2.05) is 17.0 Å². The lowest BCUT2D eigenvalue weighted by molar-refractivity contribution is -0.120. The van der Waals surface area contributed by atoms with E-state index in [0.717, 1.165) is 38.0 Å². The highest BCUT2D eigenvalue weighted by molar-refractivity contribution is 5.99. The summed E-state index contributed by atoms with van der Waals surface area (Å²) in [7, 11) is 0. The fourth-order valence-corrected chi connectivity index (χ4v) is 2.65. The standard InChI is InChI=1S/C13H16N2O/c16-13(11-5-3-8-14-11)15-9-7-10-4-1-2-6-12(10)15/h1-2,4,6,11,14H,3,5,7-9H2/t11-/m1/s1. The lowest BCUT2D eigenvalue weighted by atomic mass is 10.1. The topological polar surface area (TPSA) is 32.3 Å². The molecule has 0 unspecified atom stereocenters. The molecule has 0 radical (unpaired) electrons. The van der Waals surface area contributed by atoms with Gasteiger partial charge in [-0.1, -0.05) is 18.2 Å². The molecule has 1 atom stereocenters. The normalized spacial score (nSPS) is 23.5. The molecular formula is C13H16N2O. The summed E-state index contributed by atoms with van der Waals surface area (Å²) in [5, 5.41) is 3.27. The van der Waals surface area contributed by atoms with Crippen LogP contribution in [0, 0.1) is 0 Å². The molecule has 2 heterocycles. The molecule has 84 valence electrons. The maximum atomic E-state index is 12.3. The molecule has 1 saturated heterocycles. The Labute approximate surface area is 95.4 Å². The largest absolute Gasteiger partial charge is 0.310 e. The average molecular weight is 216 g/mol. The van der Waals surface area contributed by atoms with E-state index in [1.54, 1.807) is 0 Å². The third kappa shape index (κ3) is 1.52. The van der Waals surface area contributed by atoms with Gasteiger partial charge in [0.2, 0.25) is 5.91 Å². The Morgan fingerprint density at radius 3 is 3.06 bits per heavy atom. The number of hydrogen-bond donors (Lipinski definition) is 1. The molecule has 0 spiro atoms. The third-order valence-electron chi connectivity index (χ3n) is 3.51. The fourth-order valence-electron chi connectivity index (χ4n) is 2.65. The second-order valence-electron chi connectivity index (χ2n) is 4.52. The first-order valence-corrected chi connectivity index (χ1v) is 5.99. The second kappa shape index (κ2) is 3.91. The predicted molar refractivity (Wildman–Crippen MR) is 63.5 cm³/mol. The molecular weight excluding hydrogens is 200 g/mol. The molecule has 3 nitrogen and oxygen atoms in total. The molecule has 1 N–H and O–H groups in total. The van der Waals surface area contributed by atoms with Crippen LogP contribution in [0.1, 0.15) is 18.4 Å². The maximum absolute atomic E-state index is 12.3. The zero-order chi connectivity index (χ0) is 11.0. The average Bonchev–Trinajstić information content (AvgIpc) is 2.98. The monoisotopic (exact) mass is 216 g/mol. The van der Waals surface area contributed by atoms with Crippen LogP contribution in [0.5, 0.6) is 0 Å². The van der Waals surface area contributed by atoms with Crippen LogP contribution < -0.4 is 10.2 Å². The minimum absolute atomic E-state index is 0.0474. The van der Waals surface area contributed by atoms with Crippen LogP contribution in [0.4, 0.5) is 5.69 Å². The third-order valence-corrected chi connectivity index (χ3v) is 3.51. The van der Waals surface area contributed by atoms with Crippen LogP contribution >= 0.6 is 0 Å². The van der Waals surface area contributed by atoms with Gasteiger partial charge in [-0.3, -0.25) is 4.79 Å². The van der Waals surface area contributed by atoms with Crippen molar-refractivity contribution in [3.05, 3.63) is 29.8 Å². The van der Waals surface area contributed by atoms with Crippen molar-refractivity contribution in [2.45, 2.75) is 25.3 Å². The van der Waals surface area contributed by atoms with Gasteiger partial charge >= 0.3 is 0 Å². The van der Waals surface area contributed by atoms with Crippen molar-refractivity contribution in [1.29, 1.82) is 0 Å². The van der Waals surface area contributed by atoms with Crippen molar-refractivity contribution in [2.24, 2.45) is 0 Å². The number of nitrogens with zero attached hydrogens (tertiary/aromatic N) is 1. The minimum Gasteiger partial charge on any atom is -0.310 e. The second-order valence-corrected chi connectivity index (χ2v) is 4.52. The van der Waals surface area contributed by atoms with Gasteiger partial charge in [0.25, 0.3) is 0 Å². The summed E-state index contributed by atoms with van der Waals surface area (Å²) in [6.45, 7) is 1.82. The van der Waals surface area contributed by atoms with Crippen LogP contribution in [-0.4, -0.2) is 25.0 Å². The van der Waals surface area contributed by atoms with Crippen molar-refractivity contribution in [3.63, 3.8) is 0 Å². The molecule has 0 aliphatic carbocycles. The smallest absolute Gasteiger partial charge is 0.244 e. The van der Waals surface area contributed by atoms with E-state index in [2.05, 4.69) is 17.4 Å². The SMILES string of the molecule is O=C([C@H]1CCCN1)N1CCc2ccccc21. The molecule has 1 fully saturated rings. The number of hydrogen-bond acceptors (Lipinski definition) is 2. The molecule has 2 aliphatic heterocycles. The molecule has 1 aromatic rings. The maximum Gasteiger partial charge on any atom is 0.244 e. The van der Waals surface area contributed by atoms with Crippen molar-refractivity contribution >= 4 is 11.6 Å². The zero-order valence-electron chi connectivity index (χ0n) is 9.28. The number of para-hydroxylation sites is 1. The van der Waals surface area contributed by atoms with Gasteiger partial charge in [-0.25, -0.2) is 0 Å². The van der Waals surface area contributed by atoms with Gasteiger partial charge in [-0.15, -0.1) is 0 Å². The van der Waals surface area contributed by atoms with Crippen LogP contribution in [0.3, 0.4) is 0 Å². The number of carbonyl (C=O) groups is 1. The highest BCUT2D eigenvalue weighted by atomic mass is 16.2. The van der Waals surface area contributed by atoms with Gasteiger partial charge < -0.3 is 10.2 Å².